The van der Waals surface area contributed by atoms with E-state index in [9.17, 15) is 14.1 Å². The van der Waals surface area contributed by atoms with Crippen molar-refractivity contribution in [3.63, 3.8) is 0 Å². The molecule has 0 aromatic heterocycles. The molecule has 0 saturated carbocycles. The number of benzene rings is 2. The lowest BCUT2D eigenvalue weighted by molar-refractivity contribution is -0.116. The average Bonchev–Trinajstić information content (AvgIpc) is 2.98. The summed E-state index contributed by atoms with van der Waals surface area (Å²) in [4.78, 5) is 25.7. The Bertz CT molecular complexity index is 931. The van der Waals surface area contributed by atoms with Gasteiger partial charge in [0.2, 0.25) is 0 Å². The first kappa shape index (κ1) is 17.1. The maximum atomic E-state index is 13.6. The summed E-state index contributed by atoms with van der Waals surface area (Å²) in [5.41, 5.74) is 5.03. The maximum absolute atomic E-state index is 13.6. The zero-order valence-corrected chi connectivity index (χ0v) is 14.9. The Labute approximate surface area is 155 Å². The Hall–Kier alpha value is -2.31. The fraction of sp³-hybridized carbons (Fsp3) is 0.316. The molecule has 0 aliphatic carbocycles. The van der Waals surface area contributed by atoms with Crippen molar-refractivity contribution in [3.8, 4) is 11.1 Å². The third-order valence-electron chi connectivity index (χ3n) is 5.21. The minimum absolute atomic E-state index is 0.0435. The second-order valence-electron chi connectivity index (χ2n) is 6.59. The summed E-state index contributed by atoms with van der Waals surface area (Å²) < 4.78 is 13.6. The van der Waals surface area contributed by atoms with Gasteiger partial charge >= 0.3 is 0 Å². The summed E-state index contributed by atoms with van der Waals surface area (Å²) in [5, 5.41) is 5.87. The van der Waals surface area contributed by atoms with E-state index in [1.54, 1.807) is 12.1 Å². The van der Waals surface area contributed by atoms with E-state index >= 15 is 0 Å². The highest BCUT2D eigenvalue weighted by Gasteiger charge is 2.36. The first-order valence-electron chi connectivity index (χ1n) is 8.53. The number of nitrogens with one attached hydrogen (secondary N) is 1. The summed E-state index contributed by atoms with van der Waals surface area (Å²) in [6, 6.07) is 5.35. The van der Waals surface area contributed by atoms with Crippen LogP contribution in [0.2, 0.25) is 5.02 Å². The van der Waals surface area contributed by atoms with E-state index < -0.39 is 17.8 Å². The van der Waals surface area contributed by atoms with E-state index in [1.807, 2.05) is 6.07 Å². The molecule has 1 atom stereocenters. The number of hydrogen-bond acceptors (Lipinski definition) is 4. The molecule has 2 aliphatic rings. The van der Waals surface area contributed by atoms with Gasteiger partial charge in [0.1, 0.15) is 5.82 Å². The standard InChI is InChI=1S/C19H17ClFN3O2/c1-2-24-6-5-11-12(10-3-4-16(21)15(20)7-10)8-13-17(14(11)9-24)22-19(25)18(13)23-26/h3-4,7-8,18H,2,5-6,9H2,1H3,(H,22,25). The molecule has 4 rings (SSSR count). The number of anilines is 1. The van der Waals surface area contributed by atoms with Crippen molar-refractivity contribution in [1.29, 1.82) is 0 Å². The minimum atomic E-state index is -1.05. The van der Waals surface area contributed by atoms with E-state index in [2.05, 4.69) is 22.3 Å². The first-order valence-corrected chi connectivity index (χ1v) is 8.91. The van der Waals surface area contributed by atoms with E-state index in [1.165, 1.54) is 6.07 Å². The number of nitrogens with zero attached hydrogens (tertiary/aromatic N) is 2. The van der Waals surface area contributed by atoms with Crippen LogP contribution in [0, 0.1) is 10.7 Å². The molecule has 26 heavy (non-hydrogen) atoms. The van der Waals surface area contributed by atoms with Gasteiger partial charge in [0.15, 0.2) is 6.04 Å². The van der Waals surface area contributed by atoms with Crippen molar-refractivity contribution < 1.29 is 9.18 Å². The summed E-state index contributed by atoms with van der Waals surface area (Å²) in [6.45, 7) is 4.56. The Morgan fingerprint density at radius 1 is 1.35 bits per heavy atom. The number of fused-ring (bicyclic) bond motifs is 3. The maximum Gasteiger partial charge on any atom is 0.257 e. The predicted molar refractivity (Wildman–Crippen MR) is 98.7 cm³/mol. The topological polar surface area (TPSA) is 61.8 Å². The summed E-state index contributed by atoms with van der Waals surface area (Å²) in [5.74, 6) is -0.882. The monoisotopic (exact) mass is 373 g/mol. The lowest BCUT2D eigenvalue weighted by Gasteiger charge is -2.31. The highest BCUT2D eigenvalue weighted by Crippen LogP contribution is 2.44. The Morgan fingerprint density at radius 2 is 2.15 bits per heavy atom. The highest BCUT2D eigenvalue weighted by atomic mass is 35.5. The molecule has 0 spiro atoms. The molecule has 1 unspecified atom stereocenters. The van der Waals surface area contributed by atoms with Gasteiger partial charge in [0.25, 0.3) is 5.91 Å². The first-order chi connectivity index (χ1) is 12.5. The summed E-state index contributed by atoms with van der Waals surface area (Å²) >= 11 is 5.97. The molecule has 2 aromatic rings. The largest absolute Gasteiger partial charge is 0.323 e. The van der Waals surface area contributed by atoms with Crippen molar-refractivity contribution in [2.75, 3.05) is 18.4 Å². The quantitative estimate of drug-likeness (QED) is 0.816. The number of carbonyl (C=O) groups excluding carboxylic acids is 1. The molecular formula is C19H17ClFN3O2. The number of likely N-dealkylation sites (N-methyl/N-ethyl adjacent to an activating group) is 1. The van der Waals surface area contributed by atoms with Crippen molar-refractivity contribution in [2.24, 2.45) is 5.18 Å². The number of carbonyl (C=O) groups is 1. The Kier molecular flexibility index (Phi) is 4.25. The molecule has 1 amide bonds. The Morgan fingerprint density at radius 3 is 2.85 bits per heavy atom. The van der Waals surface area contributed by atoms with Gasteiger partial charge in [-0.1, -0.05) is 29.8 Å². The lowest BCUT2D eigenvalue weighted by Crippen LogP contribution is -2.31. The molecule has 0 fully saturated rings. The van der Waals surface area contributed by atoms with Gasteiger partial charge in [0, 0.05) is 18.7 Å². The molecule has 5 nitrogen and oxygen atoms in total. The molecule has 2 aliphatic heterocycles. The van der Waals surface area contributed by atoms with Gasteiger partial charge in [-0.05, 0) is 53.4 Å². The fourth-order valence-electron chi connectivity index (χ4n) is 3.83. The number of rotatable bonds is 3. The number of halogens is 2. The molecule has 7 heteroatoms. The highest BCUT2D eigenvalue weighted by molar-refractivity contribution is 6.31. The third-order valence-corrected chi connectivity index (χ3v) is 5.50. The summed E-state index contributed by atoms with van der Waals surface area (Å²) in [7, 11) is 0. The van der Waals surface area contributed by atoms with Crippen LogP contribution in [0.25, 0.3) is 11.1 Å². The van der Waals surface area contributed by atoms with Crippen molar-refractivity contribution >= 4 is 23.2 Å². The van der Waals surface area contributed by atoms with Crippen LogP contribution < -0.4 is 5.32 Å². The van der Waals surface area contributed by atoms with Crippen LogP contribution in [-0.4, -0.2) is 23.9 Å². The van der Waals surface area contributed by atoms with Crippen LogP contribution in [0.4, 0.5) is 10.1 Å². The number of amides is 1. The van der Waals surface area contributed by atoms with Crippen molar-refractivity contribution in [2.45, 2.75) is 25.9 Å². The Balaban J connectivity index is 1.95. The van der Waals surface area contributed by atoms with Gasteiger partial charge in [-0.15, -0.1) is 4.91 Å². The molecule has 0 bridgehead atoms. The lowest BCUT2D eigenvalue weighted by atomic mass is 9.86. The van der Waals surface area contributed by atoms with E-state index in [0.717, 1.165) is 41.8 Å². The predicted octanol–water partition coefficient (Wildman–Crippen LogP) is 4.28. The normalized spacial score (nSPS) is 19.0. The van der Waals surface area contributed by atoms with Gasteiger partial charge in [-0.2, -0.15) is 0 Å². The minimum Gasteiger partial charge on any atom is -0.323 e. The molecule has 2 aromatic carbocycles. The smallest absolute Gasteiger partial charge is 0.257 e. The van der Waals surface area contributed by atoms with Crippen LogP contribution >= 0.6 is 11.6 Å². The summed E-state index contributed by atoms with van der Waals surface area (Å²) in [6.07, 6.45) is 0.801. The molecule has 1 N–H and O–H groups in total. The van der Waals surface area contributed by atoms with Gasteiger partial charge in [0.05, 0.1) is 10.7 Å². The number of nitroso groups, excluding NO2 is 1. The zero-order valence-electron chi connectivity index (χ0n) is 14.2. The van der Waals surface area contributed by atoms with Gasteiger partial charge < -0.3 is 5.32 Å². The van der Waals surface area contributed by atoms with Crippen LogP contribution in [0.15, 0.2) is 29.4 Å². The van der Waals surface area contributed by atoms with Crippen LogP contribution in [0.3, 0.4) is 0 Å². The van der Waals surface area contributed by atoms with Crippen LogP contribution in [0.5, 0.6) is 0 Å². The van der Waals surface area contributed by atoms with Crippen molar-refractivity contribution in [1.82, 2.24) is 4.90 Å². The van der Waals surface area contributed by atoms with Crippen molar-refractivity contribution in [3.05, 3.63) is 56.7 Å². The van der Waals surface area contributed by atoms with E-state index in [4.69, 9.17) is 11.6 Å². The average molecular weight is 374 g/mol. The van der Waals surface area contributed by atoms with E-state index in [0.29, 0.717) is 17.8 Å². The molecule has 0 radical (unpaired) electrons. The second kappa shape index (κ2) is 6.45. The van der Waals surface area contributed by atoms with Gasteiger partial charge in [-0.25, -0.2) is 4.39 Å². The molecule has 0 saturated heterocycles. The van der Waals surface area contributed by atoms with E-state index in [-0.39, 0.29) is 5.02 Å². The third kappa shape index (κ3) is 2.61. The SMILES string of the molecule is CCN1CCc2c(-c3ccc(F)c(Cl)c3)cc3c(c2C1)NC(=O)C3N=O. The van der Waals surface area contributed by atoms with Crippen LogP contribution in [0.1, 0.15) is 29.7 Å². The molecule has 2 heterocycles. The fourth-order valence-corrected chi connectivity index (χ4v) is 4.01. The molecular weight excluding hydrogens is 357 g/mol. The molecule has 134 valence electrons. The zero-order chi connectivity index (χ0) is 18.4. The van der Waals surface area contributed by atoms with Crippen LogP contribution in [-0.2, 0) is 17.8 Å². The number of hydrogen-bond donors (Lipinski definition) is 1. The second-order valence-corrected chi connectivity index (χ2v) is 7.00. The van der Waals surface area contributed by atoms with Gasteiger partial charge in [-0.3, -0.25) is 9.69 Å².